The van der Waals surface area contributed by atoms with Gasteiger partial charge in [-0.3, -0.25) is 0 Å². The van der Waals surface area contributed by atoms with E-state index in [0.717, 1.165) is 23.8 Å². The molecule has 0 aliphatic carbocycles. The van der Waals surface area contributed by atoms with E-state index in [0.29, 0.717) is 10.6 Å². The average Bonchev–Trinajstić information content (AvgIpc) is 2.35. The van der Waals surface area contributed by atoms with Gasteiger partial charge in [-0.25, -0.2) is 8.78 Å². The fourth-order valence-corrected chi connectivity index (χ4v) is 2.22. The van der Waals surface area contributed by atoms with Crippen molar-refractivity contribution in [2.45, 2.75) is 19.4 Å². The van der Waals surface area contributed by atoms with Crippen molar-refractivity contribution < 1.29 is 13.9 Å². The van der Waals surface area contributed by atoms with Gasteiger partial charge in [0.25, 0.3) is 0 Å². The zero-order chi connectivity index (χ0) is 14.0. The number of hydrogen-bond donors (Lipinski definition) is 1. The first-order valence-corrected chi connectivity index (χ1v) is 6.23. The van der Waals surface area contributed by atoms with Crippen LogP contribution in [-0.4, -0.2) is 5.11 Å². The predicted octanol–water partition coefficient (Wildman–Crippen LogP) is 4.20. The first-order valence-electron chi connectivity index (χ1n) is 5.85. The van der Waals surface area contributed by atoms with Gasteiger partial charge < -0.3 is 5.11 Å². The summed E-state index contributed by atoms with van der Waals surface area (Å²) in [6.07, 6.45) is -0.990. The molecule has 0 fully saturated rings. The molecule has 1 N–H and O–H groups in total. The number of aryl methyl sites for hydroxylation is 1. The van der Waals surface area contributed by atoms with E-state index in [9.17, 15) is 13.9 Å². The van der Waals surface area contributed by atoms with Crippen LogP contribution in [0.5, 0.6) is 0 Å². The van der Waals surface area contributed by atoms with Crippen molar-refractivity contribution in [3.05, 3.63) is 69.7 Å². The molecule has 0 heterocycles. The minimum atomic E-state index is -1.13. The topological polar surface area (TPSA) is 20.2 Å². The monoisotopic (exact) mass is 282 g/mol. The van der Waals surface area contributed by atoms with Crippen molar-refractivity contribution in [3.63, 3.8) is 0 Å². The van der Waals surface area contributed by atoms with E-state index >= 15 is 0 Å². The summed E-state index contributed by atoms with van der Waals surface area (Å²) in [7, 11) is 0. The Bertz CT molecular complexity index is 599. The summed E-state index contributed by atoms with van der Waals surface area (Å²) in [6.45, 7) is 1.90. The summed E-state index contributed by atoms with van der Waals surface area (Å²) in [5, 5.41) is 10.5. The average molecular weight is 283 g/mol. The van der Waals surface area contributed by atoms with Gasteiger partial charge in [-0.1, -0.05) is 23.7 Å². The van der Waals surface area contributed by atoms with Crippen LogP contribution in [0.1, 0.15) is 22.8 Å². The van der Waals surface area contributed by atoms with Crippen LogP contribution in [0.15, 0.2) is 36.4 Å². The van der Waals surface area contributed by atoms with Crippen LogP contribution < -0.4 is 0 Å². The van der Waals surface area contributed by atoms with Crippen molar-refractivity contribution in [3.8, 4) is 0 Å². The molecule has 1 unspecified atom stereocenters. The molecule has 2 rings (SSSR count). The maximum absolute atomic E-state index is 13.5. The fourth-order valence-electron chi connectivity index (χ4n) is 1.91. The highest BCUT2D eigenvalue weighted by Crippen LogP contribution is 2.26. The Labute approximate surface area is 115 Å². The summed E-state index contributed by atoms with van der Waals surface area (Å²) in [5.74, 6) is -1.21. The highest BCUT2D eigenvalue weighted by molar-refractivity contribution is 6.31. The summed E-state index contributed by atoms with van der Waals surface area (Å²) < 4.78 is 26.6. The lowest BCUT2D eigenvalue weighted by molar-refractivity contribution is 0.173. The molecular weight excluding hydrogens is 270 g/mol. The number of aliphatic hydroxyl groups is 1. The van der Waals surface area contributed by atoms with Crippen molar-refractivity contribution in [2.24, 2.45) is 0 Å². The maximum atomic E-state index is 13.5. The number of hydrogen-bond acceptors (Lipinski definition) is 1. The Morgan fingerprint density at radius 1 is 1.16 bits per heavy atom. The summed E-state index contributed by atoms with van der Waals surface area (Å²) >= 11 is 6.05. The van der Waals surface area contributed by atoms with Gasteiger partial charge in [0, 0.05) is 17.0 Å². The van der Waals surface area contributed by atoms with Gasteiger partial charge in [0.05, 0.1) is 6.10 Å². The molecule has 0 radical (unpaired) electrons. The fraction of sp³-hybridized carbons (Fsp3) is 0.200. The van der Waals surface area contributed by atoms with Crippen LogP contribution in [0.2, 0.25) is 5.02 Å². The van der Waals surface area contributed by atoms with Crippen LogP contribution in [0.3, 0.4) is 0 Å². The highest BCUT2D eigenvalue weighted by Gasteiger charge is 2.15. The Hall–Kier alpha value is -1.45. The number of rotatable bonds is 3. The predicted molar refractivity (Wildman–Crippen MR) is 71.2 cm³/mol. The molecular formula is C15H13ClF2O. The minimum Gasteiger partial charge on any atom is -0.388 e. The van der Waals surface area contributed by atoms with E-state index in [1.807, 2.05) is 13.0 Å². The minimum absolute atomic E-state index is 0.0587. The zero-order valence-corrected chi connectivity index (χ0v) is 11.1. The van der Waals surface area contributed by atoms with Crippen LogP contribution in [-0.2, 0) is 6.42 Å². The number of benzene rings is 2. The van der Waals surface area contributed by atoms with E-state index < -0.39 is 17.7 Å². The van der Waals surface area contributed by atoms with Gasteiger partial charge in [-0.05, 0) is 42.3 Å². The van der Waals surface area contributed by atoms with Crippen LogP contribution in [0.25, 0.3) is 0 Å². The molecule has 0 amide bonds. The van der Waals surface area contributed by atoms with Crippen LogP contribution in [0.4, 0.5) is 8.78 Å². The second kappa shape index (κ2) is 5.68. The second-order valence-electron chi connectivity index (χ2n) is 4.48. The quantitative estimate of drug-likeness (QED) is 0.894. The van der Waals surface area contributed by atoms with Crippen molar-refractivity contribution in [1.29, 1.82) is 0 Å². The molecule has 19 heavy (non-hydrogen) atoms. The molecule has 100 valence electrons. The molecule has 2 aromatic rings. The summed E-state index contributed by atoms with van der Waals surface area (Å²) in [5.41, 5.74) is 1.64. The lowest BCUT2D eigenvalue weighted by Gasteiger charge is -2.13. The Balaban J connectivity index is 2.25. The largest absolute Gasteiger partial charge is 0.388 e. The SMILES string of the molecule is Cc1ccc(CC(O)c2cc(F)ccc2F)c(Cl)c1. The van der Waals surface area contributed by atoms with Gasteiger partial charge in [0.15, 0.2) is 0 Å². The Morgan fingerprint density at radius 2 is 1.89 bits per heavy atom. The highest BCUT2D eigenvalue weighted by atomic mass is 35.5. The van der Waals surface area contributed by atoms with E-state index in [4.69, 9.17) is 11.6 Å². The Morgan fingerprint density at radius 3 is 2.58 bits per heavy atom. The number of halogens is 3. The Kier molecular flexibility index (Phi) is 4.17. The molecule has 0 aliphatic heterocycles. The molecule has 4 heteroatoms. The van der Waals surface area contributed by atoms with Crippen LogP contribution in [0, 0.1) is 18.6 Å². The third-order valence-corrected chi connectivity index (χ3v) is 3.29. The molecule has 0 bridgehead atoms. The van der Waals surface area contributed by atoms with E-state index in [-0.39, 0.29) is 12.0 Å². The lowest BCUT2D eigenvalue weighted by atomic mass is 10.00. The molecule has 0 aromatic heterocycles. The first-order chi connectivity index (χ1) is 8.97. The van der Waals surface area contributed by atoms with Gasteiger partial charge in [-0.2, -0.15) is 0 Å². The van der Waals surface area contributed by atoms with Gasteiger partial charge in [0.1, 0.15) is 11.6 Å². The summed E-state index contributed by atoms with van der Waals surface area (Å²) in [4.78, 5) is 0. The van der Waals surface area contributed by atoms with Crippen molar-refractivity contribution >= 4 is 11.6 Å². The molecule has 2 aromatic carbocycles. The summed E-state index contributed by atoms with van der Waals surface area (Å²) in [6, 6.07) is 8.43. The second-order valence-corrected chi connectivity index (χ2v) is 4.89. The lowest BCUT2D eigenvalue weighted by Crippen LogP contribution is -2.05. The maximum Gasteiger partial charge on any atom is 0.129 e. The standard InChI is InChI=1S/C15H13ClF2O/c1-9-2-3-10(13(16)6-9)7-15(19)12-8-11(17)4-5-14(12)18/h2-6,8,15,19H,7H2,1H3. The van der Waals surface area contributed by atoms with Gasteiger partial charge >= 0.3 is 0 Å². The third kappa shape index (κ3) is 3.31. The first kappa shape index (κ1) is 14.0. The van der Waals surface area contributed by atoms with E-state index in [2.05, 4.69) is 0 Å². The molecule has 0 saturated carbocycles. The zero-order valence-electron chi connectivity index (χ0n) is 10.3. The normalized spacial score (nSPS) is 12.5. The third-order valence-electron chi connectivity index (χ3n) is 2.94. The van der Waals surface area contributed by atoms with Gasteiger partial charge in [0.2, 0.25) is 0 Å². The van der Waals surface area contributed by atoms with Crippen LogP contribution >= 0.6 is 11.6 Å². The molecule has 1 atom stereocenters. The molecule has 0 saturated heterocycles. The van der Waals surface area contributed by atoms with Gasteiger partial charge in [-0.15, -0.1) is 0 Å². The molecule has 0 aliphatic rings. The van der Waals surface area contributed by atoms with Crippen molar-refractivity contribution in [1.82, 2.24) is 0 Å². The smallest absolute Gasteiger partial charge is 0.129 e. The molecule has 1 nitrogen and oxygen atoms in total. The number of aliphatic hydroxyl groups excluding tert-OH is 1. The van der Waals surface area contributed by atoms with E-state index in [1.54, 1.807) is 12.1 Å². The molecule has 0 spiro atoms. The van der Waals surface area contributed by atoms with Crippen molar-refractivity contribution in [2.75, 3.05) is 0 Å². The van der Waals surface area contributed by atoms with E-state index in [1.165, 1.54) is 0 Å².